The van der Waals surface area contributed by atoms with Crippen LogP contribution in [0, 0.1) is 8.70 Å². The number of rotatable bonds is 2. The first-order valence-electron chi connectivity index (χ1n) is 5.20. The Morgan fingerprint density at radius 3 is 2.83 bits per heavy atom. The lowest BCUT2D eigenvalue weighted by atomic mass is 10.3. The monoisotopic (exact) mass is 371 g/mol. The number of ether oxygens (including phenoxy) is 1. The maximum absolute atomic E-state index is 13.5. The van der Waals surface area contributed by atoms with E-state index in [4.69, 9.17) is 4.74 Å². The molecule has 0 fully saturated rings. The van der Waals surface area contributed by atoms with Crippen molar-refractivity contribution in [3.05, 3.63) is 51.3 Å². The number of nitrogens with zero attached hydrogens (tertiary/aromatic N) is 1. The molecule has 0 saturated carbocycles. The van der Waals surface area contributed by atoms with E-state index in [-0.39, 0.29) is 11.6 Å². The highest BCUT2D eigenvalue weighted by Gasteiger charge is 2.10. The molecule has 1 aromatic carbocycles. The third-order valence-electron chi connectivity index (χ3n) is 2.40. The molecule has 0 spiro atoms. The maximum Gasteiger partial charge on any atom is 0.165 e. The molecule has 0 aliphatic rings. The molecule has 0 atom stereocenters. The van der Waals surface area contributed by atoms with Gasteiger partial charge in [-0.15, -0.1) is 11.3 Å². The Morgan fingerprint density at radius 1 is 1.17 bits per heavy atom. The van der Waals surface area contributed by atoms with Crippen molar-refractivity contribution in [3.63, 3.8) is 0 Å². The quantitative estimate of drug-likeness (QED) is 0.602. The summed E-state index contributed by atoms with van der Waals surface area (Å²) in [4.78, 5) is 4.26. The lowest BCUT2D eigenvalue weighted by molar-refractivity contribution is 0.447. The fourth-order valence-electron chi connectivity index (χ4n) is 1.61. The highest BCUT2D eigenvalue weighted by molar-refractivity contribution is 14.1. The molecule has 2 heterocycles. The third-order valence-corrected chi connectivity index (χ3v) is 4.30. The van der Waals surface area contributed by atoms with Gasteiger partial charge in [-0.05, 0) is 40.8 Å². The summed E-state index contributed by atoms with van der Waals surface area (Å²) in [5, 5.41) is 0. The van der Waals surface area contributed by atoms with E-state index >= 15 is 0 Å². The SMILES string of the molecule is Fc1ccccc1Oc1ccnc2cc(I)sc12. The van der Waals surface area contributed by atoms with Crippen molar-refractivity contribution < 1.29 is 9.13 Å². The van der Waals surface area contributed by atoms with Crippen molar-refractivity contribution >= 4 is 44.1 Å². The summed E-state index contributed by atoms with van der Waals surface area (Å²) < 4.78 is 21.2. The Balaban J connectivity index is 2.07. The molecule has 0 N–H and O–H groups in total. The number of hydrogen-bond donors (Lipinski definition) is 0. The predicted molar refractivity (Wildman–Crippen MR) is 78.8 cm³/mol. The lowest BCUT2D eigenvalue weighted by Gasteiger charge is -2.06. The first-order valence-corrected chi connectivity index (χ1v) is 7.10. The van der Waals surface area contributed by atoms with Crippen molar-refractivity contribution in [1.29, 1.82) is 0 Å². The van der Waals surface area contributed by atoms with Crippen LogP contribution >= 0.6 is 33.9 Å². The highest BCUT2D eigenvalue weighted by atomic mass is 127. The second kappa shape index (κ2) is 4.81. The van der Waals surface area contributed by atoms with E-state index in [0.29, 0.717) is 5.75 Å². The summed E-state index contributed by atoms with van der Waals surface area (Å²) in [5.41, 5.74) is 0.873. The molecule has 0 amide bonds. The van der Waals surface area contributed by atoms with E-state index in [1.165, 1.54) is 6.07 Å². The van der Waals surface area contributed by atoms with Crippen LogP contribution in [0.1, 0.15) is 0 Å². The molecule has 18 heavy (non-hydrogen) atoms. The van der Waals surface area contributed by atoms with Gasteiger partial charge in [0.05, 0.1) is 13.1 Å². The lowest BCUT2D eigenvalue weighted by Crippen LogP contribution is -1.88. The maximum atomic E-state index is 13.5. The zero-order valence-electron chi connectivity index (χ0n) is 9.06. The summed E-state index contributed by atoms with van der Waals surface area (Å²) in [5.74, 6) is 0.500. The van der Waals surface area contributed by atoms with Crippen molar-refractivity contribution in [1.82, 2.24) is 4.98 Å². The fourth-order valence-corrected chi connectivity index (χ4v) is 3.36. The van der Waals surface area contributed by atoms with Crippen molar-refractivity contribution in [2.45, 2.75) is 0 Å². The van der Waals surface area contributed by atoms with Gasteiger partial charge in [0.1, 0.15) is 5.75 Å². The third kappa shape index (κ3) is 2.20. The number of fused-ring (bicyclic) bond motifs is 1. The van der Waals surface area contributed by atoms with E-state index < -0.39 is 0 Å². The Morgan fingerprint density at radius 2 is 2.00 bits per heavy atom. The van der Waals surface area contributed by atoms with Crippen molar-refractivity contribution in [2.75, 3.05) is 0 Å². The molecule has 0 aliphatic heterocycles. The van der Waals surface area contributed by atoms with Crippen LogP contribution in [0.25, 0.3) is 10.2 Å². The first kappa shape index (κ1) is 11.9. The number of para-hydroxylation sites is 1. The highest BCUT2D eigenvalue weighted by Crippen LogP contribution is 2.35. The van der Waals surface area contributed by atoms with Gasteiger partial charge in [0.25, 0.3) is 0 Å². The molecule has 90 valence electrons. The van der Waals surface area contributed by atoms with Gasteiger partial charge in [0, 0.05) is 12.3 Å². The van der Waals surface area contributed by atoms with Crippen molar-refractivity contribution in [3.8, 4) is 11.5 Å². The van der Waals surface area contributed by atoms with Crippen molar-refractivity contribution in [2.24, 2.45) is 0 Å². The molecule has 3 rings (SSSR count). The Hall–Kier alpha value is -1.21. The number of thiophene rings is 1. The van der Waals surface area contributed by atoms with Gasteiger partial charge in [0.2, 0.25) is 0 Å². The average molecular weight is 371 g/mol. The first-order chi connectivity index (χ1) is 8.74. The van der Waals surface area contributed by atoms with Crippen LogP contribution in [0.2, 0.25) is 0 Å². The zero-order chi connectivity index (χ0) is 12.5. The van der Waals surface area contributed by atoms with Crippen LogP contribution in [0.4, 0.5) is 4.39 Å². The van der Waals surface area contributed by atoms with Crippen LogP contribution in [0.15, 0.2) is 42.6 Å². The molecule has 0 aliphatic carbocycles. The molecule has 0 bridgehead atoms. The molecule has 2 aromatic heterocycles. The summed E-state index contributed by atoms with van der Waals surface area (Å²) in [6.07, 6.45) is 1.67. The minimum atomic E-state index is -0.367. The number of halogens is 2. The van der Waals surface area contributed by atoms with Crippen LogP contribution in [-0.2, 0) is 0 Å². The van der Waals surface area contributed by atoms with Gasteiger partial charge < -0.3 is 4.74 Å². The minimum absolute atomic E-state index is 0.230. The van der Waals surface area contributed by atoms with Crippen LogP contribution in [0.3, 0.4) is 0 Å². The largest absolute Gasteiger partial charge is 0.453 e. The normalized spacial score (nSPS) is 10.8. The molecule has 0 radical (unpaired) electrons. The minimum Gasteiger partial charge on any atom is -0.453 e. The van der Waals surface area contributed by atoms with Gasteiger partial charge in [0.15, 0.2) is 11.6 Å². The van der Waals surface area contributed by atoms with Gasteiger partial charge in [-0.1, -0.05) is 12.1 Å². The predicted octanol–water partition coefficient (Wildman–Crippen LogP) is 4.83. The second-order valence-electron chi connectivity index (χ2n) is 3.61. The molecular weight excluding hydrogens is 364 g/mol. The number of benzene rings is 1. The molecule has 5 heteroatoms. The van der Waals surface area contributed by atoms with E-state index in [2.05, 4.69) is 27.6 Å². The van der Waals surface area contributed by atoms with E-state index in [0.717, 1.165) is 13.1 Å². The number of pyridine rings is 1. The van der Waals surface area contributed by atoms with E-state index in [1.807, 2.05) is 6.07 Å². The van der Waals surface area contributed by atoms with E-state index in [1.54, 1.807) is 41.8 Å². The summed E-state index contributed by atoms with van der Waals surface area (Å²) in [7, 11) is 0. The topological polar surface area (TPSA) is 22.1 Å². The van der Waals surface area contributed by atoms with Crippen LogP contribution in [-0.4, -0.2) is 4.98 Å². The Kier molecular flexibility index (Phi) is 3.17. The van der Waals surface area contributed by atoms with E-state index in [9.17, 15) is 4.39 Å². The smallest absolute Gasteiger partial charge is 0.165 e. The molecule has 3 aromatic rings. The molecular formula is C13H7FINOS. The standard InChI is InChI=1S/C13H7FINOS/c14-8-3-1-2-4-10(8)17-11-5-6-16-9-7-12(15)18-13(9)11/h1-7H. The number of aromatic nitrogens is 1. The average Bonchev–Trinajstić information content (AvgIpc) is 2.73. The zero-order valence-corrected chi connectivity index (χ0v) is 12.0. The molecule has 0 unspecified atom stereocenters. The van der Waals surface area contributed by atoms with Crippen LogP contribution < -0.4 is 4.74 Å². The summed E-state index contributed by atoms with van der Waals surface area (Å²) in [6, 6.07) is 10.1. The Bertz CT molecular complexity index is 713. The van der Waals surface area contributed by atoms with Gasteiger partial charge in [-0.25, -0.2) is 4.39 Å². The van der Waals surface area contributed by atoms with Gasteiger partial charge in [-0.2, -0.15) is 0 Å². The molecule has 2 nitrogen and oxygen atoms in total. The Labute approximate surface area is 121 Å². The second-order valence-corrected chi connectivity index (χ2v) is 6.55. The van der Waals surface area contributed by atoms with Crippen LogP contribution in [0.5, 0.6) is 11.5 Å². The summed E-state index contributed by atoms with van der Waals surface area (Å²) in [6.45, 7) is 0. The van der Waals surface area contributed by atoms with Gasteiger partial charge in [-0.3, -0.25) is 4.98 Å². The number of hydrogen-bond acceptors (Lipinski definition) is 3. The van der Waals surface area contributed by atoms with Gasteiger partial charge >= 0.3 is 0 Å². The fraction of sp³-hybridized carbons (Fsp3) is 0. The summed E-state index contributed by atoms with van der Waals surface area (Å²) >= 11 is 3.82. The molecule has 0 saturated heterocycles.